The van der Waals surface area contributed by atoms with Crippen molar-refractivity contribution in [3.8, 4) is 0 Å². The van der Waals surface area contributed by atoms with Crippen LogP contribution >= 0.6 is 11.8 Å². The highest BCUT2D eigenvalue weighted by Crippen LogP contribution is 2.37. The molecular weight excluding hydrogens is 280 g/mol. The van der Waals surface area contributed by atoms with Crippen LogP contribution in [0, 0.1) is 5.92 Å². The first-order valence-corrected chi connectivity index (χ1v) is 9.89. The molecule has 2 saturated heterocycles. The smallest absolute Gasteiger partial charge is 0.243 e. The molecule has 3 unspecified atom stereocenters. The van der Waals surface area contributed by atoms with Crippen molar-refractivity contribution in [3.05, 3.63) is 0 Å². The maximum Gasteiger partial charge on any atom is 0.243 e. The molecule has 1 amide bonds. The topological polar surface area (TPSA) is 32.3 Å². The van der Waals surface area contributed by atoms with E-state index in [1.54, 1.807) is 0 Å². The molecule has 2 aliphatic heterocycles. The molecule has 0 aromatic heterocycles. The van der Waals surface area contributed by atoms with Crippen molar-refractivity contribution in [2.75, 3.05) is 12.3 Å². The average Bonchev–Trinajstić information content (AvgIpc) is 3.11. The van der Waals surface area contributed by atoms with Crippen molar-refractivity contribution in [2.24, 2.45) is 5.92 Å². The Morgan fingerprint density at radius 3 is 2.57 bits per heavy atom. The number of thioether (sulfide) groups is 1. The number of rotatable bonds is 4. The van der Waals surface area contributed by atoms with Gasteiger partial charge in [-0.2, -0.15) is 11.8 Å². The quantitative estimate of drug-likeness (QED) is 0.864. The van der Waals surface area contributed by atoms with Gasteiger partial charge in [-0.25, -0.2) is 0 Å². The second kappa shape index (κ2) is 6.49. The van der Waals surface area contributed by atoms with Crippen LogP contribution in [0.25, 0.3) is 0 Å². The summed E-state index contributed by atoms with van der Waals surface area (Å²) in [6.45, 7) is 5.20. The van der Waals surface area contributed by atoms with Crippen molar-refractivity contribution in [3.63, 3.8) is 0 Å². The third-order valence-electron chi connectivity index (χ3n) is 5.76. The fourth-order valence-corrected chi connectivity index (χ4v) is 5.48. The van der Waals surface area contributed by atoms with E-state index in [1.165, 1.54) is 50.7 Å². The van der Waals surface area contributed by atoms with Gasteiger partial charge in [0, 0.05) is 11.8 Å². The number of nitrogens with one attached hydrogen (secondary N) is 1. The Balaban J connectivity index is 1.73. The summed E-state index contributed by atoms with van der Waals surface area (Å²) < 4.78 is 0. The van der Waals surface area contributed by atoms with Gasteiger partial charge in [0.1, 0.15) is 0 Å². The van der Waals surface area contributed by atoms with Crippen LogP contribution in [0.4, 0.5) is 0 Å². The van der Waals surface area contributed by atoms with Crippen molar-refractivity contribution in [1.29, 1.82) is 0 Å². The molecule has 3 aliphatic rings. The van der Waals surface area contributed by atoms with E-state index in [2.05, 4.69) is 35.8 Å². The summed E-state index contributed by atoms with van der Waals surface area (Å²) in [6, 6.07) is 0. The Kier molecular flexibility index (Phi) is 4.84. The molecule has 4 heteroatoms. The van der Waals surface area contributed by atoms with E-state index in [0.29, 0.717) is 23.2 Å². The maximum absolute atomic E-state index is 13.0. The summed E-state index contributed by atoms with van der Waals surface area (Å²) in [6.07, 6.45) is 10.4. The number of amides is 1. The molecule has 3 fully saturated rings. The van der Waals surface area contributed by atoms with E-state index in [-0.39, 0.29) is 5.54 Å². The van der Waals surface area contributed by atoms with Crippen molar-refractivity contribution in [2.45, 2.75) is 82.2 Å². The van der Waals surface area contributed by atoms with Gasteiger partial charge in [-0.3, -0.25) is 10.1 Å². The molecule has 3 rings (SSSR count). The van der Waals surface area contributed by atoms with E-state index in [1.807, 2.05) is 0 Å². The van der Waals surface area contributed by atoms with Gasteiger partial charge in [-0.05, 0) is 50.7 Å². The zero-order valence-corrected chi connectivity index (χ0v) is 14.4. The molecule has 2 heterocycles. The normalized spacial score (nSPS) is 38.4. The number of carbonyl (C=O) groups excluding carboxylic acids is 1. The van der Waals surface area contributed by atoms with Crippen LogP contribution in [0.5, 0.6) is 0 Å². The molecule has 3 atom stereocenters. The molecule has 0 spiro atoms. The lowest BCUT2D eigenvalue weighted by atomic mass is 9.99. The molecule has 0 aromatic rings. The summed E-state index contributed by atoms with van der Waals surface area (Å²) in [4.78, 5) is 15.2. The third kappa shape index (κ3) is 3.12. The summed E-state index contributed by atoms with van der Waals surface area (Å²) in [5.74, 6) is 2.31. The van der Waals surface area contributed by atoms with E-state index in [9.17, 15) is 4.79 Å². The van der Waals surface area contributed by atoms with Gasteiger partial charge >= 0.3 is 0 Å². The minimum atomic E-state index is -0.327. The monoisotopic (exact) mass is 310 g/mol. The van der Waals surface area contributed by atoms with Crippen LogP contribution in [0.3, 0.4) is 0 Å². The first-order valence-electron chi connectivity index (χ1n) is 8.84. The Morgan fingerprint density at radius 2 is 1.95 bits per heavy atom. The van der Waals surface area contributed by atoms with Crippen molar-refractivity contribution in [1.82, 2.24) is 10.2 Å². The molecule has 120 valence electrons. The molecule has 1 N–H and O–H groups in total. The standard InChI is InChI=1S/C17H30N2OS/c1-3-17(2)16(20)19(12-14-10-6-7-11-21-14)15(18-17)13-8-4-5-9-13/h13-15,18H,3-12H2,1-2H3. The van der Waals surface area contributed by atoms with E-state index < -0.39 is 0 Å². The number of carbonyl (C=O) groups is 1. The average molecular weight is 311 g/mol. The minimum absolute atomic E-state index is 0.299. The fraction of sp³-hybridized carbons (Fsp3) is 0.941. The van der Waals surface area contributed by atoms with Crippen molar-refractivity contribution >= 4 is 17.7 Å². The van der Waals surface area contributed by atoms with Gasteiger partial charge < -0.3 is 4.90 Å². The first kappa shape index (κ1) is 15.7. The highest BCUT2D eigenvalue weighted by molar-refractivity contribution is 7.99. The predicted molar refractivity (Wildman–Crippen MR) is 89.4 cm³/mol. The lowest BCUT2D eigenvalue weighted by molar-refractivity contribution is -0.133. The zero-order chi connectivity index (χ0) is 14.9. The Hall–Kier alpha value is -0.220. The van der Waals surface area contributed by atoms with Gasteiger partial charge in [0.2, 0.25) is 5.91 Å². The van der Waals surface area contributed by atoms with Gasteiger partial charge in [-0.15, -0.1) is 0 Å². The van der Waals surface area contributed by atoms with Crippen molar-refractivity contribution < 1.29 is 4.79 Å². The fourth-order valence-electron chi connectivity index (χ4n) is 4.18. The van der Waals surface area contributed by atoms with Crippen LogP contribution in [0.2, 0.25) is 0 Å². The lowest BCUT2D eigenvalue weighted by Gasteiger charge is -2.33. The summed E-state index contributed by atoms with van der Waals surface area (Å²) in [7, 11) is 0. The molecule has 0 radical (unpaired) electrons. The minimum Gasteiger partial charge on any atom is -0.324 e. The SMILES string of the molecule is CCC1(C)NC(C2CCCC2)N(CC2CCCCS2)C1=O. The lowest BCUT2D eigenvalue weighted by Crippen LogP contribution is -2.46. The zero-order valence-electron chi connectivity index (χ0n) is 13.6. The Morgan fingerprint density at radius 1 is 1.24 bits per heavy atom. The maximum atomic E-state index is 13.0. The molecular formula is C17H30N2OS. The first-order chi connectivity index (χ1) is 10.1. The van der Waals surface area contributed by atoms with Crippen LogP contribution in [0.15, 0.2) is 0 Å². The Bertz CT molecular complexity index is 377. The second-order valence-electron chi connectivity index (χ2n) is 7.27. The van der Waals surface area contributed by atoms with Crippen LogP contribution < -0.4 is 5.32 Å². The van der Waals surface area contributed by atoms with E-state index >= 15 is 0 Å². The molecule has 0 aromatic carbocycles. The van der Waals surface area contributed by atoms with Gasteiger partial charge in [0.05, 0.1) is 11.7 Å². The Labute approximate surface area is 133 Å². The predicted octanol–water partition coefficient (Wildman–Crippen LogP) is 3.39. The molecule has 1 saturated carbocycles. The largest absolute Gasteiger partial charge is 0.324 e. The van der Waals surface area contributed by atoms with Gasteiger partial charge in [0.25, 0.3) is 0 Å². The summed E-state index contributed by atoms with van der Waals surface area (Å²) in [5, 5.41) is 4.38. The van der Waals surface area contributed by atoms with E-state index in [0.717, 1.165) is 13.0 Å². The molecule has 0 bridgehead atoms. The summed E-state index contributed by atoms with van der Waals surface area (Å²) in [5.41, 5.74) is -0.327. The highest BCUT2D eigenvalue weighted by atomic mass is 32.2. The number of hydrogen-bond donors (Lipinski definition) is 1. The van der Waals surface area contributed by atoms with Crippen LogP contribution in [-0.4, -0.2) is 40.1 Å². The van der Waals surface area contributed by atoms with Gasteiger partial charge in [0.15, 0.2) is 0 Å². The van der Waals surface area contributed by atoms with Crippen LogP contribution in [-0.2, 0) is 4.79 Å². The molecule has 1 aliphatic carbocycles. The number of hydrogen-bond acceptors (Lipinski definition) is 3. The number of nitrogens with zero attached hydrogens (tertiary/aromatic N) is 1. The third-order valence-corrected chi connectivity index (χ3v) is 7.14. The second-order valence-corrected chi connectivity index (χ2v) is 8.67. The molecule has 21 heavy (non-hydrogen) atoms. The highest BCUT2D eigenvalue weighted by Gasteiger charge is 2.49. The molecule has 3 nitrogen and oxygen atoms in total. The van der Waals surface area contributed by atoms with Crippen LogP contribution in [0.1, 0.15) is 65.2 Å². The van der Waals surface area contributed by atoms with Gasteiger partial charge in [-0.1, -0.05) is 26.2 Å². The summed E-state index contributed by atoms with van der Waals surface area (Å²) >= 11 is 2.08. The van der Waals surface area contributed by atoms with E-state index in [4.69, 9.17) is 0 Å².